The van der Waals surface area contributed by atoms with Gasteiger partial charge in [0.15, 0.2) is 17.2 Å². The number of rotatable bonds is 5. The van der Waals surface area contributed by atoms with E-state index in [9.17, 15) is 22.7 Å². The van der Waals surface area contributed by atoms with E-state index in [1.54, 1.807) is 0 Å². The minimum atomic E-state index is -4.94. The van der Waals surface area contributed by atoms with Crippen LogP contribution in [0.5, 0.6) is 5.75 Å². The van der Waals surface area contributed by atoms with Gasteiger partial charge in [0.1, 0.15) is 0 Å². The van der Waals surface area contributed by atoms with Gasteiger partial charge in [0.05, 0.1) is 18.7 Å². The van der Waals surface area contributed by atoms with Gasteiger partial charge in [-0.15, -0.1) is 0 Å². The van der Waals surface area contributed by atoms with Crippen LogP contribution in [-0.2, 0) is 11.2 Å². The fourth-order valence-electron chi connectivity index (χ4n) is 1.65. The van der Waals surface area contributed by atoms with E-state index in [4.69, 9.17) is 11.6 Å². The molecule has 0 heterocycles. The number of methoxy groups -OCH3 is 2. The molecule has 0 bridgehead atoms. The van der Waals surface area contributed by atoms with Crippen LogP contribution in [0.1, 0.15) is 5.56 Å². The molecule has 0 amide bonds. The molecule has 1 N–H and O–H groups in total. The van der Waals surface area contributed by atoms with Crippen molar-refractivity contribution < 1.29 is 32.1 Å². The predicted molar refractivity (Wildman–Crippen MR) is 64.5 cm³/mol. The lowest BCUT2D eigenvalue weighted by molar-refractivity contribution is -0.272. The second-order valence-electron chi connectivity index (χ2n) is 4.19. The lowest BCUT2D eigenvalue weighted by Crippen LogP contribution is -2.50. The Morgan fingerprint density at radius 2 is 1.85 bits per heavy atom. The maximum atomic E-state index is 13.7. The van der Waals surface area contributed by atoms with Gasteiger partial charge >= 0.3 is 6.18 Å². The molecule has 0 spiro atoms. The molecule has 1 aromatic rings. The monoisotopic (exact) mass is 316 g/mol. The molecule has 1 aromatic carbocycles. The lowest BCUT2D eigenvalue weighted by Gasteiger charge is -2.30. The molecule has 8 heteroatoms. The van der Waals surface area contributed by atoms with Crippen molar-refractivity contribution in [1.82, 2.24) is 0 Å². The molecule has 1 atom stereocenters. The minimum Gasteiger partial charge on any atom is -0.494 e. The van der Waals surface area contributed by atoms with Gasteiger partial charge in [0.25, 0.3) is 0 Å². The Hall–Kier alpha value is -1.05. The minimum absolute atomic E-state index is 0.193. The fourth-order valence-corrected chi connectivity index (χ4v) is 1.88. The first-order chi connectivity index (χ1) is 9.16. The van der Waals surface area contributed by atoms with Crippen LogP contribution in [0.15, 0.2) is 12.1 Å². The number of ether oxygens (including phenoxy) is 2. The topological polar surface area (TPSA) is 38.7 Å². The second-order valence-corrected chi connectivity index (χ2v) is 4.57. The van der Waals surface area contributed by atoms with Gasteiger partial charge in [-0.1, -0.05) is 17.7 Å². The zero-order valence-electron chi connectivity index (χ0n) is 10.7. The predicted octanol–water partition coefficient (Wildman–Crippen LogP) is 2.97. The molecular weight excluding hydrogens is 304 g/mol. The van der Waals surface area contributed by atoms with E-state index in [1.807, 2.05) is 0 Å². The summed E-state index contributed by atoms with van der Waals surface area (Å²) in [4.78, 5) is 0. The Kier molecular flexibility index (Phi) is 5.23. The van der Waals surface area contributed by atoms with Crippen molar-refractivity contribution in [3.63, 3.8) is 0 Å². The smallest absolute Gasteiger partial charge is 0.419 e. The van der Waals surface area contributed by atoms with E-state index in [0.29, 0.717) is 0 Å². The van der Waals surface area contributed by atoms with Crippen molar-refractivity contribution in [3.05, 3.63) is 28.5 Å². The summed E-state index contributed by atoms with van der Waals surface area (Å²) < 4.78 is 61.3. The Bertz CT molecular complexity index is 479. The molecule has 3 nitrogen and oxygen atoms in total. The number of hydrogen-bond donors (Lipinski definition) is 1. The van der Waals surface area contributed by atoms with E-state index in [0.717, 1.165) is 19.2 Å². The second kappa shape index (κ2) is 6.15. The number of hydrogen-bond acceptors (Lipinski definition) is 3. The average molecular weight is 317 g/mol. The third-order valence-corrected chi connectivity index (χ3v) is 3.15. The van der Waals surface area contributed by atoms with Crippen molar-refractivity contribution in [3.8, 4) is 5.75 Å². The van der Waals surface area contributed by atoms with E-state index < -0.39 is 35.6 Å². The van der Waals surface area contributed by atoms with Gasteiger partial charge in [-0.2, -0.15) is 13.2 Å². The highest BCUT2D eigenvalue weighted by Crippen LogP contribution is 2.37. The summed E-state index contributed by atoms with van der Waals surface area (Å²) in [6, 6.07) is 2.30. The molecule has 0 aliphatic heterocycles. The summed E-state index contributed by atoms with van der Waals surface area (Å²) in [5, 5.41) is 9.16. The van der Waals surface area contributed by atoms with Crippen LogP contribution < -0.4 is 4.74 Å². The number of aliphatic hydroxyl groups is 1. The van der Waals surface area contributed by atoms with E-state index in [-0.39, 0.29) is 11.3 Å². The van der Waals surface area contributed by atoms with Crippen LogP contribution in [0.3, 0.4) is 0 Å². The van der Waals surface area contributed by atoms with E-state index >= 15 is 0 Å². The molecule has 0 saturated carbocycles. The molecule has 1 rings (SSSR count). The zero-order valence-corrected chi connectivity index (χ0v) is 11.5. The van der Waals surface area contributed by atoms with Crippen molar-refractivity contribution in [2.45, 2.75) is 18.2 Å². The summed E-state index contributed by atoms with van der Waals surface area (Å²) >= 11 is 5.66. The summed E-state index contributed by atoms with van der Waals surface area (Å²) in [5.74, 6) is -1.17. The molecule has 114 valence electrons. The van der Waals surface area contributed by atoms with Crippen LogP contribution in [0, 0.1) is 5.82 Å². The van der Waals surface area contributed by atoms with E-state index in [2.05, 4.69) is 9.47 Å². The van der Waals surface area contributed by atoms with Gasteiger partial charge in [-0.05, 0) is 11.6 Å². The molecule has 20 heavy (non-hydrogen) atoms. The maximum absolute atomic E-state index is 13.7. The normalized spacial score (nSPS) is 15.0. The highest BCUT2D eigenvalue weighted by molar-refractivity contribution is 6.31. The highest BCUT2D eigenvalue weighted by Gasteiger charge is 2.54. The van der Waals surface area contributed by atoms with Crippen LogP contribution >= 0.6 is 11.6 Å². The number of halogens is 5. The van der Waals surface area contributed by atoms with Crippen molar-refractivity contribution >= 4 is 11.6 Å². The maximum Gasteiger partial charge on any atom is 0.419 e. The van der Waals surface area contributed by atoms with Crippen LogP contribution in [0.25, 0.3) is 0 Å². The molecular formula is C12H13ClF4O3. The Morgan fingerprint density at radius 3 is 2.30 bits per heavy atom. The lowest BCUT2D eigenvalue weighted by atomic mass is 9.94. The zero-order chi connectivity index (χ0) is 15.6. The largest absolute Gasteiger partial charge is 0.494 e. The molecule has 0 aliphatic carbocycles. The summed E-state index contributed by atoms with van der Waals surface area (Å²) in [5.41, 5.74) is -3.34. The third kappa shape index (κ3) is 3.34. The first kappa shape index (κ1) is 17.0. The van der Waals surface area contributed by atoms with Gasteiger partial charge in [-0.3, -0.25) is 0 Å². The Morgan fingerprint density at radius 1 is 1.25 bits per heavy atom. The molecule has 0 aliphatic rings. The summed E-state index contributed by atoms with van der Waals surface area (Å²) in [7, 11) is 2.22. The number of alkyl halides is 3. The van der Waals surface area contributed by atoms with Crippen LogP contribution in [0.4, 0.5) is 17.6 Å². The fraction of sp³-hybridized carbons (Fsp3) is 0.500. The first-order valence-electron chi connectivity index (χ1n) is 5.45. The van der Waals surface area contributed by atoms with Gasteiger partial charge in [0.2, 0.25) is 0 Å². The van der Waals surface area contributed by atoms with Crippen molar-refractivity contribution in [1.29, 1.82) is 0 Å². The molecule has 1 unspecified atom stereocenters. The first-order valence-corrected chi connectivity index (χ1v) is 5.83. The molecule has 0 radical (unpaired) electrons. The SMILES string of the molecule is COCC(O)(Cc1ccc(OC)c(F)c1Cl)C(F)(F)F. The summed E-state index contributed by atoms with van der Waals surface area (Å²) in [6.45, 7) is -0.986. The molecule has 0 fully saturated rings. The summed E-state index contributed by atoms with van der Waals surface area (Å²) in [6.07, 6.45) is -5.87. The van der Waals surface area contributed by atoms with Crippen LogP contribution in [-0.4, -0.2) is 37.7 Å². The standard InChI is InChI=1S/C12H13ClF4O3/c1-19-6-11(18,12(15,16)17)5-7-3-4-8(20-2)10(14)9(7)13/h3-4,18H,5-6H2,1-2H3. The Labute approximate surface area is 118 Å². The average Bonchev–Trinajstić information content (AvgIpc) is 2.34. The highest BCUT2D eigenvalue weighted by atomic mass is 35.5. The number of benzene rings is 1. The quantitative estimate of drug-likeness (QED) is 0.849. The van der Waals surface area contributed by atoms with Gasteiger partial charge < -0.3 is 14.6 Å². The Balaban J connectivity index is 3.16. The van der Waals surface area contributed by atoms with Crippen LogP contribution in [0.2, 0.25) is 5.02 Å². The third-order valence-electron chi connectivity index (χ3n) is 2.74. The van der Waals surface area contributed by atoms with Gasteiger partial charge in [-0.25, -0.2) is 4.39 Å². The molecule has 0 aromatic heterocycles. The molecule has 0 saturated heterocycles. The van der Waals surface area contributed by atoms with E-state index in [1.165, 1.54) is 7.11 Å². The van der Waals surface area contributed by atoms with Gasteiger partial charge in [0, 0.05) is 13.5 Å². The van der Waals surface area contributed by atoms with Crippen molar-refractivity contribution in [2.24, 2.45) is 0 Å². The van der Waals surface area contributed by atoms with Crippen molar-refractivity contribution in [2.75, 3.05) is 20.8 Å².